The molecular formula is C24H29Cl2N5O4. The van der Waals surface area contributed by atoms with Crippen LogP contribution in [0.3, 0.4) is 0 Å². The molecule has 9 nitrogen and oxygen atoms in total. The van der Waals surface area contributed by atoms with Crippen LogP contribution in [0.15, 0.2) is 24.4 Å². The van der Waals surface area contributed by atoms with Crippen molar-refractivity contribution in [1.29, 1.82) is 0 Å². The molecule has 0 unspecified atom stereocenters. The lowest BCUT2D eigenvalue weighted by atomic mass is 10.1. The third kappa shape index (κ3) is 5.47. The third-order valence-electron chi connectivity index (χ3n) is 5.95. The predicted octanol–water partition coefficient (Wildman–Crippen LogP) is 3.92. The number of carbonyl (C=O) groups is 2. The van der Waals surface area contributed by atoms with Crippen LogP contribution < -0.4 is 4.90 Å². The Morgan fingerprint density at radius 3 is 2.71 bits per heavy atom. The molecule has 0 radical (unpaired) electrons. The van der Waals surface area contributed by atoms with Gasteiger partial charge in [-0.15, -0.1) is 0 Å². The molecule has 35 heavy (non-hydrogen) atoms. The van der Waals surface area contributed by atoms with Gasteiger partial charge in [0.1, 0.15) is 22.1 Å². The lowest BCUT2D eigenvalue weighted by Gasteiger charge is -2.41. The van der Waals surface area contributed by atoms with E-state index in [0.717, 1.165) is 24.2 Å². The molecule has 4 heterocycles. The number of pyridine rings is 2. The number of piperazine rings is 1. The fraction of sp³-hybridized carbons (Fsp3) is 0.500. The van der Waals surface area contributed by atoms with Gasteiger partial charge in [0, 0.05) is 32.4 Å². The lowest BCUT2D eigenvalue weighted by molar-refractivity contribution is -0.00242. The van der Waals surface area contributed by atoms with E-state index < -0.39 is 17.7 Å². The second kappa shape index (κ2) is 10.2. The van der Waals surface area contributed by atoms with E-state index in [1.165, 1.54) is 15.9 Å². The van der Waals surface area contributed by atoms with E-state index in [4.69, 9.17) is 27.9 Å². The standard InChI is InChI=1S/C24H29Cl2N5O4/c1-24(2,3)35-23(34)29-10-11-30(15(13-29)14-32)22(33)20-16(25)12-19(26)28-21(20)31-9-5-6-17-18(31)7-4-8-27-17/h4,7-8,12,15,32H,5-6,9-11,13-14H2,1-3H3/t15-/m1/s1. The van der Waals surface area contributed by atoms with E-state index in [0.29, 0.717) is 12.4 Å². The number of ether oxygens (including phenoxy) is 1. The topological polar surface area (TPSA) is 99.1 Å². The Labute approximate surface area is 214 Å². The first-order valence-electron chi connectivity index (χ1n) is 11.6. The number of aliphatic hydroxyl groups excluding tert-OH is 1. The minimum absolute atomic E-state index is 0.140. The van der Waals surface area contributed by atoms with E-state index >= 15 is 0 Å². The second-order valence-corrected chi connectivity index (χ2v) is 10.4. The molecule has 2 aliphatic rings. The van der Waals surface area contributed by atoms with E-state index in [2.05, 4.69) is 9.97 Å². The minimum Gasteiger partial charge on any atom is -0.444 e. The summed E-state index contributed by atoms with van der Waals surface area (Å²) in [6.07, 6.45) is 2.91. The van der Waals surface area contributed by atoms with Gasteiger partial charge in [0.15, 0.2) is 0 Å². The van der Waals surface area contributed by atoms with Crippen LogP contribution in [-0.2, 0) is 11.2 Å². The molecule has 11 heteroatoms. The molecule has 2 aliphatic heterocycles. The Morgan fingerprint density at radius 2 is 2.00 bits per heavy atom. The lowest BCUT2D eigenvalue weighted by Crippen LogP contribution is -2.58. The zero-order chi connectivity index (χ0) is 25.3. The molecule has 1 saturated heterocycles. The monoisotopic (exact) mass is 521 g/mol. The molecule has 0 spiro atoms. The summed E-state index contributed by atoms with van der Waals surface area (Å²) in [6.45, 7) is 6.29. The maximum atomic E-state index is 13.9. The smallest absolute Gasteiger partial charge is 0.410 e. The highest BCUT2D eigenvalue weighted by atomic mass is 35.5. The van der Waals surface area contributed by atoms with Gasteiger partial charge in [0.05, 0.1) is 29.1 Å². The van der Waals surface area contributed by atoms with Gasteiger partial charge in [-0.2, -0.15) is 0 Å². The number of halogens is 2. The van der Waals surface area contributed by atoms with Crippen LogP contribution >= 0.6 is 23.2 Å². The van der Waals surface area contributed by atoms with E-state index in [9.17, 15) is 14.7 Å². The number of aryl methyl sites for hydroxylation is 1. The number of hydrogen-bond donors (Lipinski definition) is 1. The number of fused-ring (bicyclic) bond motifs is 1. The van der Waals surface area contributed by atoms with E-state index in [1.807, 2.05) is 17.0 Å². The van der Waals surface area contributed by atoms with Crippen LogP contribution in [0.5, 0.6) is 0 Å². The number of aliphatic hydroxyl groups is 1. The average molecular weight is 522 g/mol. The molecule has 2 aromatic rings. The Balaban J connectivity index is 1.65. The molecule has 188 valence electrons. The summed E-state index contributed by atoms with van der Waals surface area (Å²) < 4.78 is 5.46. The molecule has 4 rings (SSSR count). The Bertz CT molecular complexity index is 1120. The number of amides is 2. The van der Waals surface area contributed by atoms with Crippen molar-refractivity contribution in [2.75, 3.05) is 37.7 Å². The van der Waals surface area contributed by atoms with Crippen molar-refractivity contribution in [3.63, 3.8) is 0 Å². The number of anilines is 2. The van der Waals surface area contributed by atoms with Crippen molar-refractivity contribution in [2.45, 2.75) is 45.3 Å². The summed E-state index contributed by atoms with van der Waals surface area (Å²) in [7, 11) is 0. The van der Waals surface area contributed by atoms with Crippen LogP contribution in [-0.4, -0.2) is 81.3 Å². The molecule has 0 saturated carbocycles. The Morgan fingerprint density at radius 1 is 1.23 bits per heavy atom. The van der Waals surface area contributed by atoms with Crippen LogP contribution in [0.25, 0.3) is 0 Å². The number of aromatic nitrogens is 2. The van der Waals surface area contributed by atoms with Crippen molar-refractivity contribution in [3.8, 4) is 0 Å². The van der Waals surface area contributed by atoms with Crippen molar-refractivity contribution >= 4 is 46.7 Å². The highest BCUT2D eigenvalue weighted by Crippen LogP contribution is 2.37. The van der Waals surface area contributed by atoms with E-state index in [-0.39, 0.29) is 47.9 Å². The van der Waals surface area contributed by atoms with Crippen LogP contribution in [0.4, 0.5) is 16.3 Å². The predicted molar refractivity (Wildman–Crippen MR) is 134 cm³/mol. The maximum Gasteiger partial charge on any atom is 0.410 e. The van der Waals surface area contributed by atoms with Gasteiger partial charge in [0.2, 0.25) is 0 Å². The fourth-order valence-electron chi connectivity index (χ4n) is 4.39. The summed E-state index contributed by atoms with van der Waals surface area (Å²) in [5.41, 5.74) is 1.33. The van der Waals surface area contributed by atoms with Crippen LogP contribution in [0.2, 0.25) is 10.2 Å². The number of carbonyl (C=O) groups excluding carboxylic acids is 2. The summed E-state index contributed by atoms with van der Waals surface area (Å²) in [6, 6.07) is 4.59. The molecule has 2 amide bonds. The number of hydrogen-bond acceptors (Lipinski definition) is 7. The van der Waals surface area contributed by atoms with Gasteiger partial charge in [-0.3, -0.25) is 9.78 Å². The SMILES string of the molecule is CC(C)(C)OC(=O)N1CCN(C(=O)c2c(Cl)cc(Cl)nc2N2CCCc3ncccc32)[C@@H](CO)C1. The highest BCUT2D eigenvalue weighted by molar-refractivity contribution is 6.37. The molecule has 2 aromatic heterocycles. The van der Waals surface area contributed by atoms with Crippen molar-refractivity contribution in [2.24, 2.45) is 0 Å². The molecule has 0 aliphatic carbocycles. The first-order valence-corrected chi connectivity index (χ1v) is 12.3. The third-order valence-corrected chi connectivity index (χ3v) is 6.44. The zero-order valence-electron chi connectivity index (χ0n) is 20.0. The van der Waals surface area contributed by atoms with Gasteiger partial charge >= 0.3 is 6.09 Å². The summed E-state index contributed by atoms with van der Waals surface area (Å²) in [4.78, 5) is 40.3. The maximum absolute atomic E-state index is 13.9. The largest absolute Gasteiger partial charge is 0.444 e. The molecular weight excluding hydrogens is 493 g/mol. The summed E-state index contributed by atoms with van der Waals surface area (Å²) in [5, 5.41) is 10.4. The quantitative estimate of drug-likeness (QED) is 0.610. The van der Waals surface area contributed by atoms with Gasteiger partial charge in [-0.1, -0.05) is 23.2 Å². The van der Waals surface area contributed by atoms with Gasteiger partial charge in [-0.25, -0.2) is 9.78 Å². The number of nitrogens with zero attached hydrogens (tertiary/aromatic N) is 5. The van der Waals surface area contributed by atoms with Crippen molar-refractivity contribution in [3.05, 3.63) is 45.8 Å². The first-order chi connectivity index (χ1) is 16.6. The summed E-state index contributed by atoms with van der Waals surface area (Å²) >= 11 is 12.8. The molecule has 1 atom stereocenters. The van der Waals surface area contributed by atoms with Gasteiger partial charge in [0.25, 0.3) is 5.91 Å². The zero-order valence-corrected chi connectivity index (χ0v) is 21.5. The fourth-order valence-corrected chi connectivity index (χ4v) is 4.91. The minimum atomic E-state index is -0.643. The first kappa shape index (κ1) is 25.5. The second-order valence-electron chi connectivity index (χ2n) is 9.61. The van der Waals surface area contributed by atoms with Crippen molar-refractivity contribution in [1.82, 2.24) is 19.8 Å². The van der Waals surface area contributed by atoms with E-state index in [1.54, 1.807) is 27.0 Å². The molecule has 0 aromatic carbocycles. The average Bonchev–Trinajstić information content (AvgIpc) is 2.81. The Kier molecular flexibility index (Phi) is 7.40. The molecule has 1 fully saturated rings. The summed E-state index contributed by atoms with van der Waals surface area (Å²) in [5.74, 6) is -0.0271. The molecule has 1 N–H and O–H groups in total. The van der Waals surface area contributed by atoms with Gasteiger partial charge < -0.3 is 24.5 Å². The van der Waals surface area contributed by atoms with Gasteiger partial charge in [-0.05, 0) is 51.8 Å². The highest BCUT2D eigenvalue weighted by Gasteiger charge is 2.37. The van der Waals surface area contributed by atoms with Crippen LogP contribution in [0, 0.1) is 0 Å². The van der Waals surface area contributed by atoms with Crippen molar-refractivity contribution < 1.29 is 19.4 Å². The Hall–Kier alpha value is -2.62. The number of rotatable bonds is 3. The van der Waals surface area contributed by atoms with Crippen LogP contribution in [0.1, 0.15) is 43.2 Å². The normalized spacial score (nSPS) is 18.3. The molecule has 0 bridgehead atoms.